The fraction of sp³-hybridized carbons (Fsp3) is 0.833. The van der Waals surface area contributed by atoms with Crippen molar-refractivity contribution in [2.75, 3.05) is 6.61 Å². The molecule has 1 N–H and O–H groups in total. The van der Waals surface area contributed by atoms with Gasteiger partial charge in [-0.25, -0.2) is 0 Å². The third kappa shape index (κ3) is 1.46. The Balaban J connectivity index is 1.86. The van der Waals surface area contributed by atoms with Gasteiger partial charge in [0, 0.05) is 13.0 Å². The molecule has 0 aromatic rings. The van der Waals surface area contributed by atoms with Crippen molar-refractivity contribution in [3.8, 4) is 0 Å². The lowest BCUT2D eigenvalue weighted by Gasteiger charge is -2.26. The van der Waals surface area contributed by atoms with E-state index in [1.54, 1.807) is 0 Å². The van der Waals surface area contributed by atoms with Gasteiger partial charge < -0.3 is 4.74 Å². The molecule has 1 unspecified atom stereocenters. The Bertz CT molecular complexity index is 61.5. The van der Waals surface area contributed by atoms with Gasteiger partial charge in [-0.05, 0) is 6.42 Å². The van der Waals surface area contributed by atoms with Crippen LogP contribution in [-0.2, 0) is 4.74 Å². The van der Waals surface area contributed by atoms with E-state index in [0.717, 1.165) is 19.4 Å². The van der Waals surface area contributed by atoms with E-state index in [1.807, 2.05) is 6.54 Å². The summed E-state index contributed by atoms with van der Waals surface area (Å²) in [6.45, 7) is 5.06. The second-order valence-corrected chi connectivity index (χ2v) is 1.93. The summed E-state index contributed by atoms with van der Waals surface area (Å²) >= 11 is 0. The number of hydrogen-bond acceptors (Lipinski definition) is 2. The summed E-state index contributed by atoms with van der Waals surface area (Å²) in [5.41, 5.74) is 0. The highest BCUT2D eigenvalue weighted by molar-refractivity contribution is 4.68. The van der Waals surface area contributed by atoms with Crippen molar-refractivity contribution in [1.29, 1.82) is 0 Å². The van der Waals surface area contributed by atoms with Crippen LogP contribution in [0.5, 0.6) is 0 Å². The van der Waals surface area contributed by atoms with E-state index in [9.17, 15) is 0 Å². The Kier molecular flexibility index (Phi) is 2.30. The van der Waals surface area contributed by atoms with Crippen molar-refractivity contribution < 1.29 is 4.74 Å². The first kappa shape index (κ1) is 6.05. The molecule has 0 aromatic heterocycles. The molecule has 1 radical (unpaired) electrons. The molecule has 0 aliphatic carbocycles. The molecule has 0 spiro atoms. The Morgan fingerprint density at radius 3 is 3.00 bits per heavy atom. The van der Waals surface area contributed by atoms with E-state index in [-0.39, 0.29) is 0 Å². The first-order valence-corrected chi connectivity index (χ1v) is 3.13. The molecular weight excluding hydrogens is 102 g/mol. The van der Waals surface area contributed by atoms with Crippen LogP contribution in [0.2, 0.25) is 0 Å². The summed E-state index contributed by atoms with van der Waals surface area (Å²) in [5, 5.41) is 3.12. The highest BCUT2D eigenvalue weighted by atomic mass is 16.5. The average molecular weight is 114 g/mol. The molecule has 1 aliphatic heterocycles. The Morgan fingerprint density at radius 1 is 1.88 bits per heavy atom. The normalized spacial score (nSPS) is 27.4. The van der Waals surface area contributed by atoms with Crippen molar-refractivity contribution in [3.63, 3.8) is 0 Å². The predicted molar refractivity (Wildman–Crippen MR) is 32.1 cm³/mol. The molecule has 1 aliphatic rings. The zero-order valence-electron chi connectivity index (χ0n) is 5.18. The fourth-order valence-corrected chi connectivity index (χ4v) is 0.616. The van der Waals surface area contributed by atoms with E-state index in [2.05, 4.69) is 12.2 Å². The van der Waals surface area contributed by atoms with Gasteiger partial charge in [0.2, 0.25) is 0 Å². The second-order valence-electron chi connectivity index (χ2n) is 1.93. The van der Waals surface area contributed by atoms with Gasteiger partial charge in [0.1, 0.15) is 6.23 Å². The minimum atomic E-state index is 0.329. The molecule has 0 bridgehead atoms. The summed E-state index contributed by atoms with van der Waals surface area (Å²) in [6, 6.07) is 0. The van der Waals surface area contributed by atoms with Crippen molar-refractivity contribution >= 4 is 0 Å². The lowest BCUT2D eigenvalue weighted by atomic mass is 10.3. The first-order valence-electron chi connectivity index (χ1n) is 3.13. The Morgan fingerprint density at radius 2 is 2.62 bits per heavy atom. The topological polar surface area (TPSA) is 21.3 Å². The average Bonchev–Trinajstić information content (AvgIpc) is 1.63. The summed E-state index contributed by atoms with van der Waals surface area (Å²) in [4.78, 5) is 0. The van der Waals surface area contributed by atoms with Crippen LogP contribution in [0.15, 0.2) is 0 Å². The predicted octanol–water partition coefficient (Wildman–Crippen LogP) is 0.894. The molecule has 1 fully saturated rings. The zero-order valence-corrected chi connectivity index (χ0v) is 5.18. The minimum Gasteiger partial charge on any atom is -0.363 e. The molecule has 0 saturated carbocycles. The highest BCUT2D eigenvalue weighted by Crippen LogP contribution is 2.06. The van der Waals surface area contributed by atoms with Crippen molar-refractivity contribution in [2.24, 2.45) is 0 Å². The molecule has 1 rings (SSSR count). The summed E-state index contributed by atoms with van der Waals surface area (Å²) < 4.78 is 5.09. The van der Waals surface area contributed by atoms with Gasteiger partial charge in [0.05, 0.1) is 6.61 Å². The summed E-state index contributed by atoms with van der Waals surface area (Å²) in [5.74, 6) is 0. The van der Waals surface area contributed by atoms with Crippen LogP contribution in [0.1, 0.15) is 19.8 Å². The van der Waals surface area contributed by atoms with Gasteiger partial charge in [-0.2, -0.15) is 0 Å². The second kappa shape index (κ2) is 3.05. The van der Waals surface area contributed by atoms with Gasteiger partial charge in [-0.15, -0.1) is 0 Å². The number of nitrogens with one attached hydrogen (secondary N) is 1. The van der Waals surface area contributed by atoms with E-state index < -0.39 is 0 Å². The quantitative estimate of drug-likeness (QED) is 0.588. The third-order valence-corrected chi connectivity index (χ3v) is 1.21. The van der Waals surface area contributed by atoms with Crippen LogP contribution in [-0.4, -0.2) is 12.8 Å². The molecule has 0 amide bonds. The highest BCUT2D eigenvalue weighted by Gasteiger charge is 2.15. The first-order chi connectivity index (χ1) is 3.93. The van der Waals surface area contributed by atoms with E-state index in [0.29, 0.717) is 6.23 Å². The smallest absolute Gasteiger partial charge is 0.110 e. The van der Waals surface area contributed by atoms with Crippen LogP contribution in [0.4, 0.5) is 0 Å². The summed E-state index contributed by atoms with van der Waals surface area (Å²) in [7, 11) is 0. The number of ether oxygens (including phenoxy) is 1. The van der Waals surface area contributed by atoms with E-state index >= 15 is 0 Å². The number of rotatable bonds is 3. The monoisotopic (exact) mass is 114 g/mol. The molecule has 0 aromatic carbocycles. The molecule has 1 atom stereocenters. The van der Waals surface area contributed by atoms with Crippen LogP contribution >= 0.6 is 0 Å². The molecule has 8 heavy (non-hydrogen) atoms. The van der Waals surface area contributed by atoms with Crippen LogP contribution in [0.3, 0.4) is 0 Å². The van der Waals surface area contributed by atoms with Gasteiger partial charge in [0.25, 0.3) is 0 Å². The molecule has 47 valence electrons. The van der Waals surface area contributed by atoms with Crippen LogP contribution in [0, 0.1) is 6.54 Å². The molecule has 1 saturated heterocycles. The standard InChI is InChI=1S/C6H12NO/c1-2-4-7-6-3-5-8-6/h4,6-7H,2-3,5H2,1H3. The van der Waals surface area contributed by atoms with Crippen LogP contribution in [0.25, 0.3) is 0 Å². The van der Waals surface area contributed by atoms with Gasteiger partial charge in [-0.3, -0.25) is 5.32 Å². The summed E-state index contributed by atoms with van der Waals surface area (Å²) in [6.07, 6.45) is 2.56. The SMILES string of the molecule is CC[CH]NC1CCO1. The molecule has 2 nitrogen and oxygen atoms in total. The maximum Gasteiger partial charge on any atom is 0.110 e. The maximum atomic E-state index is 5.09. The maximum absolute atomic E-state index is 5.09. The van der Waals surface area contributed by atoms with Crippen molar-refractivity contribution in [3.05, 3.63) is 6.54 Å². The molecular formula is C6H12NO. The fourth-order valence-electron chi connectivity index (χ4n) is 0.616. The zero-order chi connectivity index (χ0) is 5.82. The van der Waals surface area contributed by atoms with E-state index in [4.69, 9.17) is 4.74 Å². The minimum absolute atomic E-state index is 0.329. The largest absolute Gasteiger partial charge is 0.363 e. The van der Waals surface area contributed by atoms with Crippen LogP contribution < -0.4 is 5.32 Å². The Labute approximate surface area is 50.2 Å². The molecule has 1 heterocycles. The van der Waals surface area contributed by atoms with Gasteiger partial charge >= 0.3 is 0 Å². The van der Waals surface area contributed by atoms with Crippen molar-refractivity contribution in [2.45, 2.75) is 26.0 Å². The lowest BCUT2D eigenvalue weighted by molar-refractivity contribution is -0.0659. The third-order valence-electron chi connectivity index (χ3n) is 1.21. The number of hydrogen-bond donors (Lipinski definition) is 1. The Hall–Kier alpha value is -0.0800. The van der Waals surface area contributed by atoms with Gasteiger partial charge in [0.15, 0.2) is 0 Å². The van der Waals surface area contributed by atoms with Gasteiger partial charge in [-0.1, -0.05) is 6.92 Å². The lowest BCUT2D eigenvalue weighted by Crippen LogP contribution is -2.38. The molecule has 2 heteroatoms. The van der Waals surface area contributed by atoms with Crippen molar-refractivity contribution in [1.82, 2.24) is 5.32 Å². The van der Waals surface area contributed by atoms with E-state index in [1.165, 1.54) is 0 Å².